The number of ether oxygens (including phenoxy) is 1. The van der Waals surface area contributed by atoms with Crippen molar-refractivity contribution in [3.05, 3.63) is 50.6 Å². The Balaban J connectivity index is 1.90. The number of aromatic nitrogens is 4. The van der Waals surface area contributed by atoms with Crippen molar-refractivity contribution in [2.24, 2.45) is 5.92 Å². The number of fused-ring (bicyclic) bond motifs is 5. The molecule has 0 saturated carbocycles. The van der Waals surface area contributed by atoms with Gasteiger partial charge in [0.25, 0.3) is 5.56 Å². The zero-order valence-corrected chi connectivity index (χ0v) is 18.4. The first-order valence-corrected chi connectivity index (χ1v) is 11.7. The summed E-state index contributed by atoms with van der Waals surface area (Å²) >= 11 is 3.16. The van der Waals surface area contributed by atoms with Gasteiger partial charge >= 0.3 is 0 Å². The van der Waals surface area contributed by atoms with Crippen molar-refractivity contribution in [2.45, 2.75) is 45.1 Å². The number of hydrogen-bond donors (Lipinski definition) is 0. The number of rotatable bonds is 3. The summed E-state index contributed by atoms with van der Waals surface area (Å²) in [6, 6.07) is 7.96. The molecule has 3 aromatic heterocycles. The Bertz CT molecular complexity index is 1300. The van der Waals surface area contributed by atoms with Crippen molar-refractivity contribution < 1.29 is 4.74 Å². The van der Waals surface area contributed by atoms with E-state index in [4.69, 9.17) is 4.74 Å². The average molecular weight is 427 g/mol. The molecular weight excluding hydrogens is 404 g/mol. The predicted molar refractivity (Wildman–Crippen MR) is 118 cm³/mol. The van der Waals surface area contributed by atoms with Crippen molar-refractivity contribution in [2.75, 3.05) is 6.26 Å². The highest BCUT2D eigenvalue weighted by molar-refractivity contribution is 7.98. The van der Waals surface area contributed by atoms with Crippen molar-refractivity contribution >= 4 is 39.1 Å². The van der Waals surface area contributed by atoms with Crippen LogP contribution < -0.4 is 5.56 Å². The fourth-order valence-electron chi connectivity index (χ4n) is 4.00. The molecule has 0 radical (unpaired) electrons. The highest BCUT2D eigenvalue weighted by atomic mass is 32.2. The van der Waals surface area contributed by atoms with E-state index in [1.807, 2.05) is 41.8 Å². The number of benzene rings is 1. The van der Waals surface area contributed by atoms with E-state index in [0.717, 1.165) is 43.5 Å². The van der Waals surface area contributed by atoms with Gasteiger partial charge in [0.1, 0.15) is 4.83 Å². The minimum atomic E-state index is -0.0277. The molecule has 0 spiro atoms. The topological polar surface area (TPSA) is 61.4 Å². The number of nitrogens with zero attached hydrogens (tertiary/aromatic N) is 4. The normalized spacial score (nSPS) is 16.8. The molecule has 0 saturated heterocycles. The molecule has 1 unspecified atom stereocenters. The number of thiophene rings is 1. The monoisotopic (exact) mass is 426 g/mol. The molecule has 1 atom stereocenters. The first kappa shape index (κ1) is 18.8. The SMILES string of the molecule is CSc1nnc2n(-c3cccc(C)c3)c(=O)c3c4c(sc3n12)COC(C(C)C)C4. The third kappa shape index (κ3) is 2.85. The second-order valence-corrected chi connectivity index (χ2v) is 9.64. The average Bonchev–Trinajstić information content (AvgIpc) is 3.28. The molecule has 8 heteroatoms. The van der Waals surface area contributed by atoms with E-state index >= 15 is 0 Å². The zero-order valence-electron chi connectivity index (χ0n) is 16.8. The van der Waals surface area contributed by atoms with Gasteiger partial charge < -0.3 is 4.74 Å². The lowest BCUT2D eigenvalue weighted by molar-refractivity contribution is 0.00200. The third-order valence-electron chi connectivity index (χ3n) is 5.53. The standard InChI is InChI=1S/C21H22N4O2S2/c1-11(2)15-9-14-16(10-27-15)29-19-17(14)18(26)24(13-7-5-6-12(3)8-13)20-22-23-21(28-4)25(19)20/h5-8,11,15H,9-10H2,1-4H3. The minimum Gasteiger partial charge on any atom is -0.372 e. The molecule has 4 aromatic rings. The molecule has 29 heavy (non-hydrogen) atoms. The van der Waals surface area contributed by atoms with Crippen LogP contribution in [0.3, 0.4) is 0 Å². The van der Waals surface area contributed by atoms with Gasteiger partial charge in [-0.1, -0.05) is 37.7 Å². The Kier molecular flexibility index (Phi) is 4.53. The van der Waals surface area contributed by atoms with E-state index < -0.39 is 0 Å². The highest BCUT2D eigenvalue weighted by Crippen LogP contribution is 2.37. The number of aryl methyl sites for hydroxylation is 1. The fraction of sp³-hybridized carbons (Fsp3) is 0.381. The Hall–Kier alpha value is -2.16. The summed E-state index contributed by atoms with van der Waals surface area (Å²) in [5.41, 5.74) is 3.01. The molecule has 150 valence electrons. The van der Waals surface area contributed by atoms with Crippen LogP contribution in [-0.2, 0) is 17.8 Å². The van der Waals surface area contributed by atoms with Gasteiger partial charge in [0.05, 0.1) is 23.8 Å². The summed E-state index contributed by atoms with van der Waals surface area (Å²) in [6.45, 7) is 6.91. The number of thioether (sulfide) groups is 1. The second kappa shape index (κ2) is 6.97. The van der Waals surface area contributed by atoms with E-state index in [9.17, 15) is 4.79 Å². The Morgan fingerprint density at radius 2 is 2.14 bits per heavy atom. The summed E-state index contributed by atoms with van der Waals surface area (Å²) in [7, 11) is 0. The number of hydrogen-bond acceptors (Lipinski definition) is 6. The summed E-state index contributed by atoms with van der Waals surface area (Å²) in [4.78, 5) is 15.9. The lowest BCUT2D eigenvalue weighted by atomic mass is 9.96. The van der Waals surface area contributed by atoms with E-state index in [0.29, 0.717) is 18.3 Å². The molecule has 0 fully saturated rings. The molecule has 1 aliphatic heterocycles. The van der Waals surface area contributed by atoms with Gasteiger partial charge in [-0.3, -0.25) is 4.79 Å². The Labute approximate surface area is 176 Å². The maximum atomic E-state index is 13.8. The molecule has 6 nitrogen and oxygen atoms in total. The predicted octanol–water partition coefficient (Wildman–Crippen LogP) is 4.22. The van der Waals surface area contributed by atoms with E-state index in [2.05, 4.69) is 24.0 Å². The summed E-state index contributed by atoms with van der Waals surface area (Å²) < 4.78 is 9.80. The van der Waals surface area contributed by atoms with Gasteiger partial charge in [0.15, 0.2) is 5.16 Å². The molecule has 4 heterocycles. The highest BCUT2D eigenvalue weighted by Gasteiger charge is 2.30. The van der Waals surface area contributed by atoms with E-state index in [-0.39, 0.29) is 11.7 Å². The molecule has 1 aromatic carbocycles. The largest absolute Gasteiger partial charge is 0.372 e. The fourth-order valence-corrected chi connectivity index (χ4v) is 5.78. The molecule has 0 amide bonds. The van der Waals surface area contributed by atoms with Crippen molar-refractivity contribution in [1.29, 1.82) is 0 Å². The maximum Gasteiger partial charge on any atom is 0.268 e. The quantitative estimate of drug-likeness (QED) is 0.459. The van der Waals surface area contributed by atoms with Crippen LogP contribution in [0.15, 0.2) is 34.2 Å². The van der Waals surface area contributed by atoms with Gasteiger partial charge in [-0.2, -0.15) is 0 Å². The van der Waals surface area contributed by atoms with Crippen LogP contribution in [0.25, 0.3) is 21.7 Å². The van der Waals surface area contributed by atoms with Gasteiger partial charge in [0, 0.05) is 11.3 Å². The Morgan fingerprint density at radius 1 is 1.31 bits per heavy atom. The molecule has 5 rings (SSSR count). The third-order valence-corrected chi connectivity index (χ3v) is 7.35. The first-order chi connectivity index (χ1) is 14.0. The molecular formula is C21H22N4O2S2. The zero-order chi connectivity index (χ0) is 20.3. The smallest absolute Gasteiger partial charge is 0.268 e. The van der Waals surface area contributed by atoms with E-state index in [1.165, 1.54) is 11.8 Å². The molecule has 0 aliphatic carbocycles. The van der Waals surface area contributed by atoms with Crippen LogP contribution in [0.1, 0.15) is 29.9 Å². The summed E-state index contributed by atoms with van der Waals surface area (Å²) in [6.07, 6.45) is 2.87. The van der Waals surface area contributed by atoms with Crippen molar-refractivity contribution in [3.8, 4) is 5.69 Å². The first-order valence-electron chi connectivity index (χ1n) is 9.66. The molecule has 0 bridgehead atoms. The van der Waals surface area contributed by atoms with Crippen LogP contribution >= 0.6 is 23.1 Å². The van der Waals surface area contributed by atoms with Crippen LogP contribution in [0.4, 0.5) is 0 Å². The van der Waals surface area contributed by atoms with E-state index in [1.54, 1.807) is 15.9 Å². The van der Waals surface area contributed by atoms with Gasteiger partial charge in [-0.15, -0.1) is 21.5 Å². The maximum absolute atomic E-state index is 13.8. The van der Waals surface area contributed by atoms with Crippen LogP contribution in [0.2, 0.25) is 0 Å². The molecule has 0 N–H and O–H groups in total. The minimum absolute atomic E-state index is 0.0277. The van der Waals surface area contributed by atoms with Crippen LogP contribution in [0.5, 0.6) is 0 Å². The Morgan fingerprint density at radius 3 is 2.86 bits per heavy atom. The summed E-state index contributed by atoms with van der Waals surface area (Å²) in [5, 5.41) is 10.3. The van der Waals surface area contributed by atoms with Crippen LogP contribution in [0, 0.1) is 12.8 Å². The molecule has 1 aliphatic rings. The van der Waals surface area contributed by atoms with Gasteiger partial charge in [-0.25, -0.2) is 8.97 Å². The van der Waals surface area contributed by atoms with Crippen LogP contribution in [-0.4, -0.2) is 31.5 Å². The van der Waals surface area contributed by atoms with Gasteiger partial charge in [-0.05, 0) is 42.4 Å². The lowest BCUT2D eigenvalue weighted by Gasteiger charge is -2.26. The van der Waals surface area contributed by atoms with Crippen molar-refractivity contribution in [3.63, 3.8) is 0 Å². The summed E-state index contributed by atoms with van der Waals surface area (Å²) in [5.74, 6) is 0.954. The van der Waals surface area contributed by atoms with Crippen molar-refractivity contribution in [1.82, 2.24) is 19.2 Å². The lowest BCUT2D eigenvalue weighted by Crippen LogP contribution is -2.28. The van der Waals surface area contributed by atoms with Gasteiger partial charge in [0.2, 0.25) is 5.78 Å². The second-order valence-electron chi connectivity index (χ2n) is 7.78.